The molecule has 0 radical (unpaired) electrons. The number of rotatable bonds is 0. The first kappa shape index (κ1) is 5.28. The molecule has 0 saturated heterocycles. The minimum atomic E-state index is -0.331. The summed E-state index contributed by atoms with van der Waals surface area (Å²) in [6, 6.07) is 2.56. The number of hydrogen-bond donors (Lipinski definition) is 0. The number of fused-ring (bicyclic) bond motifs is 1. The predicted octanol–water partition coefficient (Wildman–Crippen LogP) is 0.263. The van der Waals surface area contributed by atoms with E-state index in [1.165, 1.54) is 22.8 Å². The molecule has 0 bridgehead atoms. The molecule has 0 fully saturated rings. The number of nitrogens with zero attached hydrogens (tertiary/aromatic N) is 4. The van der Waals surface area contributed by atoms with E-state index in [-0.39, 0.29) is 5.82 Å². The molecule has 0 aliphatic heterocycles. The maximum Gasteiger partial charge on any atom is 0.182 e. The highest BCUT2D eigenvalue weighted by molar-refractivity contribution is 5.34. The summed E-state index contributed by atoms with van der Waals surface area (Å²) in [5, 5.41) is 10.4. The summed E-state index contributed by atoms with van der Waals surface area (Å²) in [4.78, 5) is 0. The van der Waals surface area contributed by atoms with Crippen molar-refractivity contribution in [3.8, 4) is 0 Å². The molecule has 2 aromatic rings. The van der Waals surface area contributed by atoms with Gasteiger partial charge in [-0.05, 0) is 16.5 Å². The fraction of sp³-hybridized carbons (Fsp3) is 0. The summed E-state index contributed by atoms with van der Waals surface area (Å²) >= 11 is 0. The Kier molecular flexibility index (Phi) is 0.913. The van der Waals surface area contributed by atoms with E-state index in [1.54, 1.807) is 0 Å². The smallest absolute Gasteiger partial charge is 0.182 e. The first-order chi connectivity index (χ1) is 4.86. The van der Waals surface area contributed by atoms with Gasteiger partial charge < -0.3 is 0 Å². The molecule has 0 aliphatic rings. The zero-order valence-electron chi connectivity index (χ0n) is 4.90. The van der Waals surface area contributed by atoms with Crippen LogP contribution in [0.4, 0.5) is 4.39 Å². The maximum absolute atomic E-state index is 12.4. The van der Waals surface area contributed by atoms with Crippen molar-refractivity contribution in [2.75, 3.05) is 0 Å². The van der Waals surface area contributed by atoms with Crippen molar-refractivity contribution in [1.29, 1.82) is 0 Å². The van der Waals surface area contributed by atoms with Crippen LogP contribution in [0.15, 0.2) is 18.3 Å². The van der Waals surface area contributed by atoms with Crippen molar-refractivity contribution < 1.29 is 4.39 Å². The largest absolute Gasteiger partial charge is 0.207 e. The summed E-state index contributed by atoms with van der Waals surface area (Å²) < 4.78 is 13.8. The van der Waals surface area contributed by atoms with Gasteiger partial charge in [-0.25, -0.2) is 8.91 Å². The van der Waals surface area contributed by atoms with E-state index in [1.807, 2.05) is 0 Å². The predicted molar refractivity (Wildman–Crippen MR) is 30.7 cm³/mol. The summed E-state index contributed by atoms with van der Waals surface area (Å²) in [5.74, 6) is -0.331. The second-order valence-electron chi connectivity index (χ2n) is 1.83. The van der Waals surface area contributed by atoms with Gasteiger partial charge in [-0.1, -0.05) is 0 Å². The molecular formula is C5H3FN4. The molecule has 0 N–H and O–H groups in total. The van der Waals surface area contributed by atoms with Crippen LogP contribution >= 0.6 is 0 Å². The van der Waals surface area contributed by atoms with Crippen molar-refractivity contribution in [2.45, 2.75) is 0 Å². The van der Waals surface area contributed by atoms with E-state index in [0.29, 0.717) is 5.65 Å². The quantitative estimate of drug-likeness (QED) is 0.524. The van der Waals surface area contributed by atoms with E-state index < -0.39 is 0 Å². The molecule has 2 rings (SSSR count). The third-order valence-corrected chi connectivity index (χ3v) is 1.16. The maximum atomic E-state index is 12.4. The second kappa shape index (κ2) is 1.73. The van der Waals surface area contributed by atoms with Crippen molar-refractivity contribution in [3.63, 3.8) is 0 Å². The number of tetrazole rings is 1. The Bertz CT molecular complexity index is 355. The molecule has 0 aliphatic carbocycles. The first-order valence-electron chi connectivity index (χ1n) is 2.69. The molecule has 2 heterocycles. The van der Waals surface area contributed by atoms with Crippen molar-refractivity contribution in [1.82, 2.24) is 20.0 Å². The third kappa shape index (κ3) is 0.637. The molecule has 0 amide bonds. The summed E-state index contributed by atoms with van der Waals surface area (Å²) in [6.07, 6.45) is 1.46. The Balaban J connectivity index is 2.86. The average Bonchev–Trinajstić information content (AvgIpc) is 2.33. The minimum absolute atomic E-state index is 0.331. The fourth-order valence-electron chi connectivity index (χ4n) is 0.715. The second-order valence-corrected chi connectivity index (χ2v) is 1.83. The molecule has 0 saturated carbocycles. The molecule has 10 heavy (non-hydrogen) atoms. The van der Waals surface area contributed by atoms with Crippen molar-refractivity contribution in [3.05, 3.63) is 24.1 Å². The number of pyridine rings is 1. The van der Waals surface area contributed by atoms with Gasteiger partial charge in [-0.15, -0.1) is 5.10 Å². The van der Waals surface area contributed by atoms with Gasteiger partial charge >= 0.3 is 0 Å². The van der Waals surface area contributed by atoms with E-state index in [2.05, 4.69) is 15.5 Å². The average molecular weight is 138 g/mol. The normalized spacial score (nSPS) is 10.5. The van der Waals surface area contributed by atoms with Gasteiger partial charge in [-0.3, -0.25) is 0 Å². The van der Waals surface area contributed by atoms with Gasteiger partial charge in [0.05, 0.1) is 0 Å². The molecule has 50 valence electrons. The lowest BCUT2D eigenvalue weighted by Crippen LogP contribution is -1.86. The van der Waals surface area contributed by atoms with Crippen LogP contribution in [-0.4, -0.2) is 20.0 Å². The van der Waals surface area contributed by atoms with Crippen LogP contribution in [0.1, 0.15) is 0 Å². The van der Waals surface area contributed by atoms with Gasteiger partial charge in [-0.2, -0.15) is 0 Å². The van der Waals surface area contributed by atoms with Crippen LogP contribution in [0.2, 0.25) is 0 Å². The summed E-state index contributed by atoms with van der Waals surface area (Å²) in [6.45, 7) is 0. The van der Waals surface area contributed by atoms with Crippen LogP contribution in [0, 0.1) is 5.82 Å². The minimum Gasteiger partial charge on any atom is -0.207 e. The van der Waals surface area contributed by atoms with Gasteiger partial charge in [0.15, 0.2) is 5.65 Å². The number of hydrogen-bond acceptors (Lipinski definition) is 3. The number of aromatic nitrogens is 4. The summed E-state index contributed by atoms with van der Waals surface area (Å²) in [5.41, 5.74) is 0.417. The van der Waals surface area contributed by atoms with Gasteiger partial charge in [0.1, 0.15) is 5.82 Å². The van der Waals surface area contributed by atoms with Crippen molar-refractivity contribution in [2.24, 2.45) is 0 Å². The first-order valence-corrected chi connectivity index (χ1v) is 2.69. The van der Waals surface area contributed by atoms with E-state index >= 15 is 0 Å². The SMILES string of the molecule is Fc1ccn2nnnc2c1. The molecule has 5 heteroatoms. The molecule has 0 aromatic carbocycles. The molecule has 0 unspecified atom stereocenters. The van der Waals surface area contributed by atoms with Crippen LogP contribution in [-0.2, 0) is 0 Å². The Hall–Kier alpha value is -1.52. The molecule has 0 atom stereocenters. The molecule has 0 spiro atoms. The standard InChI is InChI=1S/C5H3FN4/c6-4-1-2-10-5(3-4)7-8-9-10/h1-3H. The van der Waals surface area contributed by atoms with Crippen LogP contribution < -0.4 is 0 Å². The van der Waals surface area contributed by atoms with E-state index in [9.17, 15) is 4.39 Å². The zero-order valence-corrected chi connectivity index (χ0v) is 4.90. The Labute approximate surface area is 55.3 Å². The monoisotopic (exact) mass is 138 g/mol. The fourth-order valence-corrected chi connectivity index (χ4v) is 0.715. The highest BCUT2D eigenvalue weighted by Gasteiger charge is 1.95. The van der Waals surface area contributed by atoms with E-state index in [4.69, 9.17) is 0 Å². The van der Waals surface area contributed by atoms with E-state index in [0.717, 1.165) is 0 Å². The molecule has 4 nitrogen and oxygen atoms in total. The van der Waals surface area contributed by atoms with Gasteiger partial charge in [0, 0.05) is 12.3 Å². The molecular weight excluding hydrogens is 135 g/mol. The topological polar surface area (TPSA) is 43.1 Å². The zero-order chi connectivity index (χ0) is 6.97. The number of halogens is 1. The van der Waals surface area contributed by atoms with Gasteiger partial charge in [0.25, 0.3) is 0 Å². The Morgan fingerprint density at radius 3 is 3.30 bits per heavy atom. The summed E-state index contributed by atoms with van der Waals surface area (Å²) in [7, 11) is 0. The van der Waals surface area contributed by atoms with Crippen molar-refractivity contribution >= 4 is 5.65 Å². The Morgan fingerprint density at radius 2 is 2.40 bits per heavy atom. The molecule has 2 aromatic heterocycles. The Morgan fingerprint density at radius 1 is 1.50 bits per heavy atom. The highest BCUT2D eigenvalue weighted by Crippen LogP contribution is 1.98. The lowest BCUT2D eigenvalue weighted by atomic mass is 10.5. The van der Waals surface area contributed by atoms with Gasteiger partial charge in [0.2, 0.25) is 0 Å². The van der Waals surface area contributed by atoms with Crippen LogP contribution in [0.3, 0.4) is 0 Å². The highest BCUT2D eigenvalue weighted by atomic mass is 19.1. The van der Waals surface area contributed by atoms with Crippen LogP contribution in [0.25, 0.3) is 5.65 Å². The van der Waals surface area contributed by atoms with Crippen LogP contribution in [0.5, 0.6) is 0 Å². The third-order valence-electron chi connectivity index (χ3n) is 1.16. The lowest BCUT2D eigenvalue weighted by molar-refractivity contribution is 0.625. The lowest BCUT2D eigenvalue weighted by Gasteiger charge is -1.86.